The van der Waals surface area contributed by atoms with E-state index >= 15 is 0 Å². The number of unbranched alkanes of at least 4 members (excludes halogenated alkanes) is 2. The van der Waals surface area contributed by atoms with Crippen LogP contribution >= 0.6 is 0 Å². The van der Waals surface area contributed by atoms with Crippen molar-refractivity contribution in [3.63, 3.8) is 0 Å². The minimum atomic E-state index is 0.314. The molecule has 1 rings (SSSR count). The van der Waals surface area contributed by atoms with Crippen LogP contribution in [0.25, 0.3) is 0 Å². The van der Waals surface area contributed by atoms with E-state index in [1.807, 2.05) is 0 Å². The van der Waals surface area contributed by atoms with Crippen LogP contribution in [0.4, 0.5) is 5.69 Å². The van der Waals surface area contributed by atoms with Gasteiger partial charge in [0.05, 0.1) is 0 Å². The molecule has 16 heavy (non-hydrogen) atoms. The second kappa shape index (κ2) is 7.29. The van der Waals surface area contributed by atoms with Crippen molar-refractivity contribution in [3.8, 4) is 0 Å². The van der Waals surface area contributed by atoms with Crippen molar-refractivity contribution in [2.45, 2.75) is 32.6 Å². The third-order valence-electron chi connectivity index (χ3n) is 2.94. The molecule has 2 nitrogen and oxygen atoms in total. The van der Waals surface area contributed by atoms with Crippen LogP contribution < -0.4 is 4.90 Å². The molecule has 0 aromatic heterocycles. The van der Waals surface area contributed by atoms with Gasteiger partial charge in [-0.3, -0.25) is 0 Å². The van der Waals surface area contributed by atoms with E-state index in [0.717, 1.165) is 32.2 Å². The minimum Gasteiger partial charge on any atom is -0.396 e. The summed E-state index contributed by atoms with van der Waals surface area (Å²) in [6, 6.07) is 8.76. The summed E-state index contributed by atoms with van der Waals surface area (Å²) in [5, 5.41) is 8.69. The molecule has 0 bridgehead atoms. The van der Waals surface area contributed by atoms with Gasteiger partial charge in [0.15, 0.2) is 0 Å². The van der Waals surface area contributed by atoms with E-state index in [1.54, 1.807) is 0 Å². The maximum Gasteiger partial charge on any atom is 0.0431 e. The van der Waals surface area contributed by atoms with Crippen LogP contribution in [0.3, 0.4) is 0 Å². The highest BCUT2D eigenvalue weighted by molar-refractivity contribution is 5.46. The van der Waals surface area contributed by atoms with Gasteiger partial charge in [0, 0.05) is 25.9 Å². The molecule has 2 heteroatoms. The fraction of sp³-hybridized carbons (Fsp3) is 0.571. The maximum absolute atomic E-state index is 8.69. The van der Waals surface area contributed by atoms with E-state index in [4.69, 9.17) is 5.11 Å². The summed E-state index contributed by atoms with van der Waals surface area (Å²) in [5.74, 6) is 0. The Labute approximate surface area is 98.9 Å². The number of hydrogen-bond acceptors (Lipinski definition) is 2. The first-order valence-electron chi connectivity index (χ1n) is 6.19. The maximum atomic E-state index is 8.69. The lowest BCUT2D eigenvalue weighted by atomic mass is 10.1. The van der Waals surface area contributed by atoms with Crippen molar-refractivity contribution >= 4 is 5.69 Å². The number of anilines is 1. The number of aliphatic hydroxyl groups is 1. The Morgan fingerprint density at radius 3 is 2.31 bits per heavy atom. The summed E-state index contributed by atoms with van der Waals surface area (Å²) >= 11 is 0. The third-order valence-corrected chi connectivity index (χ3v) is 2.94. The monoisotopic (exact) mass is 221 g/mol. The van der Waals surface area contributed by atoms with E-state index in [0.29, 0.717) is 6.61 Å². The van der Waals surface area contributed by atoms with E-state index < -0.39 is 0 Å². The van der Waals surface area contributed by atoms with E-state index in [2.05, 4.69) is 43.1 Å². The first kappa shape index (κ1) is 13.0. The molecule has 0 saturated carbocycles. The van der Waals surface area contributed by atoms with E-state index in [9.17, 15) is 0 Å². The van der Waals surface area contributed by atoms with Gasteiger partial charge in [-0.25, -0.2) is 0 Å². The molecule has 90 valence electrons. The predicted octanol–water partition coefficient (Wildman–Crippen LogP) is 2.85. The van der Waals surface area contributed by atoms with Gasteiger partial charge < -0.3 is 10.0 Å². The van der Waals surface area contributed by atoms with Crippen LogP contribution in [-0.4, -0.2) is 25.3 Å². The number of nitrogens with zero attached hydrogens (tertiary/aromatic N) is 1. The molecule has 1 aromatic carbocycles. The zero-order chi connectivity index (χ0) is 11.8. The molecule has 0 aliphatic rings. The molecule has 1 aromatic rings. The summed E-state index contributed by atoms with van der Waals surface area (Å²) in [4.78, 5) is 2.27. The Balaban J connectivity index is 2.37. The molecule has 0 fully saturated rings. The Hall–Kier alpha value is -1.02. The lowest BCUT2D eigenvalue weighted by Gasteiger charge is -2.19. The van der Waals surface area contributed by atoms with E-state index in [-0.39, 0.29) is 0 Å². The van der Waals surface area contributed by atoms with Crippen LogP contribution in [0.2, 0.25) is 0 Å². The first-order chi connectivity index (χ1) is 7.77. The average Bonchev–Trinajstić information content (AvgIpc) is 2.34. The molecular weight excluding hydrogens is 198 g/mol. The standard InChI is InChI=1S/C14H23NO/c1-3-13-7-9-14(10-8-13)15(2)11-5-4-6-12-16/h7-10,16H,3-6,11-12H2,1-2H3. The summed E-state index contributed by atoms with van der Waals surface area (Å²) in [6.07, 6.45) is 4.27. The number of aliphatic hydroxyl groups excluding tert-OH is 1. The highest BCUT2D eigenvalue weighted by Crippen LogP contribution is 2.14. The van der Waals surface area contributed by atoms with Gasteiger partial charge in [-0.1, -0.05) is 19.1 Å². The van der Waals surface area contributed by atoms with Crippen LogP contribution in [0.1, 0.15) is 31.7 Å². The molecule has 0 atom stereocenters. The highest BCUT2D eigenvalue weighted by atomic mass is 16.2. The van der Waals surface area contributed by atoms with Crippen LogP contribution in [-0.2, 0) is 6.42 Å². The summed E-state index contributed by atoms with van der Waals surface area (Å²) in [7, 11) is 2.12. The van der Waals surface area contributed by atoms with Crippen LogP contribution in [0, 0.1) is 0 Å². The number of aryl methyl sites for hydroxylation is 1. The lowest BCUT2D eigenvalue weighted by Crippen LogP contribution is -2.18. The molecule has 0 aliphatic heterocycles. The second-order valence-corrected chi connectivity index (χ2v) is 4.23. The summed E-state index contributed by atoms with van der Waals surface area (Å²) < 4.78 is 0. The lowest BCUT2D eigenvalue weighted by molar-refractivity contribution is 0.283. The fourth-order valence-electron chi connectivity index (χ4n) is 1.75. The first-order valence-corrected chi connectivity index (χ1v) is 6.19. The molecular formula is C14H23NO. The molecule has 0 spiro atoms. The molecule has 0 radical (unpaired) electrons. The van der Waals surface area contributed by atoms with Crippen LogP contribution in [0.15, 0.2) is 24.3 Å². The zero-order valence-electron chi connectivity index (χ0n) is 10.4. The van der Waals surface area contributed by atoms with Gasteiger partial charge in [0.2, 0.25) is 0 Å². The second-order valence-electron chi connectivity index (χ2n) is 4.23. The quantitative estimate of drug-likeness (QED) is 0.716. The SMILES string of the molecule is CCc1ccc(N(C)CCCCCO)cc1. The Bertz CT molecular complexity index is 281. The molecule has 1 N–H and O–H groups in total. The third kappa shape index (κ3) is 4.23. The normalized spacial score (nSPS) is 10.4. The molecule has 0 aliphatic carbocycles. The fourth-order valence-corrected chi connectivity index (χ4v) is 1.75. The zero-order valence-corrected chi connectivity index (χ0v) is 10.4. The smallest absolute Gasteiger partial charge is 0.0431 e. The summed E-state index contributed by atoms with van der Waals surface area (Å²) in [5.41, 5.74) is 2.67. The largest absolute Gasteiger partial charge is 0.396 e. The predicted molar refractivity (Wildman–Crippen MR) is 70.0 cm³/mol. The Morgan fingerprint density at radius 1 is 1.06 bits per heavy atom. The van der Waals surface area contributed by atoms with Crippen molar-refractivity contribution in [3.05, 3.63) is 29.8 Å². The summed E-state index contributed by atoms with van der Waals surface area (Å²) in [6.45, 7) is 3.55. The van der Waals surface area contributed by atoms with Gasteiger partial charge in [-0.05, 0) is 43.4 Å². The molecule has 0 unspecified atom stereocenters. The van der Waals surface area contributed by atoms with Crippen molar-refractivity contribution in [2.75, 3.05) is 25.1 Å². The minimum absolute atomic E-state index is 0.314. The van der Waals surface area contributed by atoms with Crippen molar-refractivity contribution < 1.29 is 5.11 Å². The van der Waals surface area contributed by atoms with Gasteiger partial charge in [0.25, 0.3) is 0 Å². The number of hydrogen-bond donors (Lipinski definition) is 1. The average molecular weight is 221 g/mol. The van der Waals surface area contributed by atoms with Crippen molar-refractivity contribution in [2.24, 2.45) is 0 Å². The van der Waals surface area contributed by atoms with Crippen molar-refractivity contribution in [1.29, 1.82) is 0 Å². The Morgan fingerprint density at radius 2 is 1.75 bits per heavy atom. The molecule has 0 amide bonds. The number of rotatable bonds is 7. The highest BCUT2D eigenvalue weighted by Gasteiger charge is 2.00. The van der Waals surface area contributed by atoms with Gasteiger partial charge >= 0.3 is 0 Å². The van der Waals surface area contributed by atoms with Gasteiger partial charge in [-0.15, -0.1) is 0 Å². The van der Waals surface area contributed by atoms with Gasteiger partial charge in [-0.2, -0.15) is 0 Å². The molecule has 0 heterocycles. The number of benzene rings is 1. The van der Waals surface area contributed by atoms with Gasteiger partial charge in [0.1, 0.15) is 0 Å². The molecule has 0 saturated heterocycles. The topological polar surface area (TPSA) is 23.5 Å². The Kier molecular flexibility index (Phi) is 5.94. The van der Waals surface area contributed by atoms with E-state index in [1.165, 1.54) is 11.3 Å². The van der Waals surface area contributed by atoms with Crippen LogP contribution in [0.5, 0.6) is 0 Å². The van der Waals surface area contributed by atoms with Crippen molar-refractivity contribution in [1.82, 2.24) is 0 Å².